The third-order valence-electron chi connectivity index (χ3n) is 5.53. The standard InChI is InChI=1S/C23H21N7O3/c31-20(11-18-22(33)25-17-8-4-2-6-15(17)21(32)26-18)28-23-27-19(29-30-23)10-9-13-12-24-16-7-3-1-5-14(13)16/h1-8,12,18,24H,9-11H2,(H,25,33)(H,26,32)(H2,27,28,29,30,31)/t18-/m1/s1. The second-order valence-electron chi connectivity index (χ2n) is 7.78. The van der Waals surface area contributed by atoms with Gasteiger partial charge in [-0.2, -0.15) is 4.98 Å². The molecule has 0 spiro atoms. The molecular formula is C23H21N7O3. The summed E-state index contributed by atoms with van der Waals surface area (Å²) in [6.45, 7) is 0. The fourth-order valence-electron chi connectivity index (χ4n) is 3.87. The Morgan fingerprint density at radius 2 is 1.85 bits per heavy atom. The normalized spacial score (nSPS) is 15.5. The first-order valence-corrected chi connectivity index (χ1v) is 10.5. The molecule has 0 bridgehead atoms. The van der Waals surface area contributed by atoms with Crippen molar-refractivity contribution in [3.8, 4) is 0 Å². The number of para-hydroxylation sites is 2. The lowest BCUT2D eigenvalue weighted by atomic mass is 10.1. The Hall–Kier alpha value is -4.47. The third kappa shape index (κ3) is 4.31. The molecule has 4 aromatic rings. The van der Waals surface area contributed by atoms with Crippen molar-refractivity contribution in [1.82, 2.24) is 25.5 Å². The minimum atomic E-state index is -1.01. The topological polar surface area (TPSA) is 145 Å². The van der Waals surface area contributed by atoms with Crippen LogP contribution in [0, 0.1) is 0 Å². The Balaban J connectivity index is 1.18. The van der Waals surface area contributed by atoms with Crippen LogP contribution >= 0.6 is 0 Å². The monoisotopic (exact) mass is 443 g/mol. The van der Waals surface area contributed by atoms with Gasteiger partial charge in [0, 0.05) is 23.5 Å². The van der Waals surface area contributed by atoms with E-state index < -0.39 is 23.8 Å². The molecule has 3 heterocycles. The van der Waals surface area contributed by atoms with Crippen LogP contribution in [0.2, 0.25) is 0 Å². The van der Waals surface area contributed by atoms with Gasteiger partial charge >= 0.3 is 0 Å². The molecule has 0 saturated heterocycles. The zero-order valence-corrected chi connectivity index (χ0v) is 17.5. The number of nitrogens with one attached hydrogen (secondary N) is 5. The van der Waals surface area contributed by atoms with Crippen molar-refractivity contribution >= 4 is 40.3 Å². The zero-order valence-electron chi connectivity index (χ0n) is 17.5. The first kappa shape index (κ1) is 20.4. The fourth-order valence-corrected chi connectivity index (χ4v) is 3.87. The van der Waals surface area contributed by atoms with Crippen LogP contribution in [-0.2, 0) is 22.4 Å². The van der Waals surface area contributed by atoms with E-state index in [1.54, 1.807) is 24.3 Å². The Bertz CT molecular complexity index is 1360. The molecule has 33 heavy (non-hydrogen) atoms. The van der Waals surface area contributed by atoms with Gasteiger partial charge in [0.25, 0.3) is 5.91 Å². The van der Waals surface area contributed by atoms with Gasteiger partial charge in [-0.15, -0.1) is 5.10 Å². The lowest BCUT2D eigenvalue weighted by Gasteiger charge is -2.13. The molecule has 0 fully saturated rings. The predicted molar refractivity (Wildman–Crippen MR) is 122 cm³/mol. The first-order chi connectivity index (χ1) is 16.1. The van der Waals surface area contributed by atoms with Crippen molar-refractivity contribution in [3.63, 3.8) is 0 Å². The number of aryl methyl sites for hydroxylation is 2. The number of hydrogen-bond acceptors (Lipinski definition) is 5. The summed E-state index contributed by atoms with van der Waals surface area (Å²) in [4.78, 5) is 44.9. The SMILES string of the molecule is O=C(C[C@H]1NC(=O)c2ccccc2NC1=O)Nc1n[nH]c(CCc2c[nH]c3ccccc23)n1. The van der Waals surface area contributed by atoms with E-state index in [1.807, 2.05) is 24.4 Å². The molecule has 2 aromatic carbocycles. The van der Waals surface area contributed by atoms with Crippen LogP contribution < -0.4 is 16.0 Å². The molecule has 2 aromatic heterocycles. The summed E-state index contributed by atoms with van der Waals surface area (Å²) < 4.78 is 0. The number of nitrogens with zero attached hydrogens (tertiary/aromatic N) is 2. The average Bonchev–Trinajstić information content (AvgIpc) is 3.41. The average molecular weight is 443 g/mol. The molecule has 10 nitrogen and oxygen atoms in total. The maximum Gasteiger partial charge on any atom is 0.254 e. The van der Waals surface area contributed by atoms with Crippen LogP contribution in [-0.4, -0.2) is 43.9 Å². The maximum absolute atomic E-state index is 12.5. The van der Waals surface area contributed by atoms with E-state index in [0.717, 1.165) is 17.3 Å². The van der Waals surface area contributed by atoms with E-state index in [4.69, 9.17) is 0 Å². The van der Waals surface area contributed by atoms with E-state index in [-0.39, 0.29) is 12.4 Å². The number of rotatable bonds is 6. The number of aromatic amines is 2. The molecular weight excluding hydrogens is 422 g/mol. The van der Waals surface area contributed by atoms with Crippen LogP contribution in [0.1, 0.15) is 28.2 Å². The highest BCUT2D eigenvalue weighted by Gasteiger charge is 2.29. The molecule has 1 aliphatic rings. The van der Waals surface area contributed by atoms with Gasteiger partial charge in [-0.05, 0) is 30.2 Å². The number of carbonyl (C=O) groups is 3. The van der Waals surface area contributed by atoms with Crippen molar-refractivity contribution in [2.45, 2.75) is 25.3 Å². The number of aromatic nitrogens is 4. The van der Waals surface area contributed by atoms with E-state index in [9.17, 15) is 14.4 Å². The number of benzene rings is 2. The second-order valence-corrected chi connectivity index (χ2v) is 7.78. The molecule has 0 saturated carbocycles. The van der Waals surface area contributed by atoms with Crippen LogP contribution in [0.4, 0.5) is 11.6 Å². The van der Waals surface area contributed by atoms with Crippen LogP contribution in [0.15, 0.2) is 54.7 Å². The van der Waals surface area contributed by atoms with Gasteiger partial charge in [0.2, 0.25) is 17.8 Å². The number of amides is 3. The number of fused-ring (bicyclic) bond motifs is 2. The minimum Gasteiger partial charge on any atom is -0.361 e. The van der Waals surface area contributed by atoms with Crippen LogP contribution in [0.5, 0.6) is 0 Å². The Labute approximate surface area is 188 Å². The summed E-state index contributed by atoms with van der Waals surface area (Å²) in [5.74, 6) is -0.607. The molecule has 0 radical (unpaired) electrons. The molecule has 0 aliphatic carbocycles. The number of H-pyrrole nitrogens is 2. The molecule has 5 N–H and O–H groups in total. The third-order valence-corrected chi connectivity index (χ3v) is 5.53. The molecule has 10 heteroatoms. The predicted octanol–water partition coefficient (Wildman–Crippen LogP) is 2.15. The van der Waals surface area contributed by atoms with Gasteiger partial charge in [-0.3, -0.25) is 24.8 Å². The number of carbonyl (C=O) groups excluding carboxylic acids is 3. The molecule has 0 unspecified atom stereocenters. The lowest BCUT2D eigenvalue weighted by Crippen LogP contribution is -2.43. The lowest BCUT2D eigenvalue weighted by molar-refractivity contribution is -0.122. The number of anilines is 2. The van der Waals surface area contributed by atoms with E-state index in [0.29, 0.717) is 23.5 Å². The Kier molecular flexibility index (Phi) is 5.31. The van der Waals surface area contributed by atoms with Crippen LogP contribution in [0.25, 0.3) is 10.9 Å². The summed E-state index contributed by atoms with van der Waals surface area (Å²) in [5.41, 5.74) is 3.01. The summed E-state index contributed by atoms with van der Waals surface area (Å²) in [6, 6.07) is 13.7. The van der Waals surface area contributed by atoms with Crippen molar-refractivity contribution in [2.75, 3.05) is 10.6 Å². The summed E-state index contributed by atoms with van der Waals surface area (Å²) >= 11 is 0. The summed E-state index contributed by atoms with van der Waals surface area (Å²) in [6.07, 6.45) is 3.10. The highest BCUT2D eigenvalue weighted by molar-refractivity contribution is 6.11. The zero-order chi connectivity index (χ0) is 22.8. The van der Waals surface area contributed by atoms with Crippen molar-refractivity contribution in [3.05, 3.63) is 71.7 Å². The smallest absolute Gasteiger partial charge is 0.254 e. The van der Waals surface area contributed by atoms with Gasteiger partial charge in [0.15, 0.2) is 0 Å². The van der Waals surface area contributed by atoms with E-state index in [1.165, 1.54) is 5.56 Å². The molecule has 1 atom stereocenters. The van der Waals surface area contributed by atoms with Crippen molar-refractivity contribution in [1.29, 1.82) is 0 Å². The van der Waals surface area contributed by atoms with Crippen LogP contribution in [0.3, 0.4) is 0 Å². The fraction of sp³-hybridized carbons (Fsp3) is 0.174. The van der Waals surface area contributed by atoms with E-state index in [2.05, 4.69) is 42.2 Å². The highest BCUT2D eigenvalue weighted by atomic mass is 16.2. The van der Waals surface area contributed by atoms with Gasteiger partial charge < -0.3 is 15.6 Å². The minimum absolute atomic E-state index is 0.123. The Morgan fingerprint density at radius 3 is 2.76 bits per heavy atom. The van der Waals surface area contributed by atoms with Gasteiger partial charge in [0.1, 0.15) is 11.9 Å². The largest absolute Gasteiger partial charge is 0.361 e. The van der Waals surface area contributed by atoms with Gasteiger partial charge in [0.05, 0.1) is 17.7 Å². The quantitative estimate of drug-likeness (QED) is 0.310. The Morgan fingerprint density at radius 1 is 1.03 bits per heavy atom. The second kappa shape index (κ2) is 8.58. The number of hydrogen-bond donors (Lipinski definition) is 5. The maximum atomic E-state index is 12.5. The van der Waals surface area contributed by atoms with E-state index >= 15 is 0 Å². The van der Waals surface area contributed by atoms with Gasteiger partial charge in [-0.25, -0.2) is 0 Å². The molecule has 1 aliphatic heterocycles. The first-order valence-electron chi connectivity index (χ1n) is 10.5. The molecule has 5 rings (SSSR count). The van der Waals surface area contributed by atoms with Crippen molar-refractivity contribution < 1.29 is 14.4 Å². The molecule has 166 valence electrons. The van der Waals surface area contributed by atoms with Crippen molar-refractivity contribution in [2.24, 2.45) is 0 Å². The summed E-state index contributed by atoms with van der Waals surface area (Å²) in [5, 5.41) is 15.9. The highest BCUT2D eigenvalue weighted by Crippen LogP contribution is 2.20. The molecule has 3 amide bonds. The summed E-state index contributed by atoms with van der Waals surface area (Å²) in [7, 11) is 0. The van der Waals surface area contributed by atoms with Gasteiger partial charge in [-0.1, -0.05) is 30.3 Å².